The molecule has 0 radical (unpaired) electrons. The summed E-state index contributed by atoms with van der Waals surface area (Å²) in [5.41, 5.74) is 0.376. The smallest absolute Gasteiger partial charge is 0.191 e. The summed E-state index contributed by atoms with van der Waals surface area (Å²) in [5.74, 6) is 2.62. The van der Waals surface area contributed by atoms with E-state index < -0.39 is 0 Å². The number of aryl methyl sites for hydroxylation is 1. The SMILES string of the molecule is CCNC(=NCCn1cnnc1CC)NC1C2CCOC2C12CCC2. The number of hydrogen-bond acceptors (Lipinski definition) is 4. The summed E-state index contributed by atoms with van der Waals surface area (Å²) in [6.45, 7) is 7.57. The quantitative estimate of drug-likeness (QED) is 0.601. The molecule has 2 saturated carbocycles. The van der Waals surface area contributed by atoms with Crippen LogP contribution in [0.15, 0.2) is 11.3 Å². The van der Waals surface area contributed by atoms with Crippen molar-refractivity contribution in [3.8, 4) is 0 Å². The Balaban J connectivity index is 1.39. The lowest BCUT2D eigenvalue weighted by atomic mass is 9.46. The number of fused-ring (bicyclic) bond motifs is 2. The molecule has 3 aliphatic rings. The van der Waals surface area contributed by atoms with Gasteiger partial charge in [-0.05, 0) is 26.2 Å². The first kappa shape index (κ1) is 16.8. The molecule has 7 heteroatoms. The van der Waals surface area contributed by atoms with Crippen LogP contribution in [-0.4, -0.2) is 52.6 Å². The Morgan fingerprint density at radius 1 is 1.44 bits per heavy atom. The second-order valence-electron chi connectivity index (χ2n) is 7.51. The number of nitrogens with one attached hydrogen (secondary N) is 2. The Morgan fingerprint density at radius 2 is 2.32 bits per heavy atom. The van der Waals surface area contributed by atoms with E-state index in [-0.39, 0.29) is 0 Å². The zero-order chi connectivity index (χ0) is 17.3. The van der Waals surface area contributed by atoms with Crippen molar-refractivity contribution in [2.24, 2.45) is 16.3 Å². The van der Waals surface area contributed by atoms with Crippen molar-refractivity contribution in [1.82, 2.24) is 25.4 Å². The number of guanidine groups is 1. The van der Waals surface area contributed by atoms with Gasteiger partial charge >= 0.3 is 0 Å². The standard InChI is InChI=1S/C18H30N6O/c1-3-14-23-21-12-24(14)10-9-20-17(19-4-2)22-15-13-6-11-25-16(13)18(15)7-5-8-18/h12-13,15-16H,3-11H2,1-2H3,(H2,19,20,22). The molecular formula is C18H30N6O. The summed E-state index contributed by atoms with van der Waals surface area (Å²) < 4.78 is 8.11. The van der Waals surface area contributed by atoms with Crippen molar-refractivity contribution in [2.45, 2.75) is 64.6 Å². The molecule has 0 aromatic carbocycles. The lowest BCUT2D eigenvalue weighted by Crippen LogP contribution is -2.72. The van der Waals surface area contributed by atoms with Crippen molar-refractivity contribution >= 4 is 5.96 Å². The molecule has 3 atom stereocenters. The molecule has 1 aromatic rings. The van der Waals surface area contributed by atoms with Gasteiger partial charge in [-0.1, -0.05) is 13.3 Å². The largest absolute Gasteiger partial charge is 0.377 e. The molecule has 2 N–H and O–H groups in total. The Kier molecular flexibility index (Phi) is 4.67. The highest BCUT2D eigenvalue weighted by atomic mass is 16.5. The monoisotopic (exact) mass is 346 g/mol. The van der Waals surface area contributed by atoms with Gasteiger partial charge in [0.25, 0.3) is 0 Å². The first-order valence-electron chi connectivity index (χ1n) is 9.81. The number of nitrogens with zero attached hydrogens (tertiary/aromatic N) is 4. The van der Waals surface area contributed by atoms with Crippen molar-refractivity contribution in [2.75, 3.05) is 19.7 Å². The fourth-order valence-corrected chi connectivity index (χ4v) is 4.93. The van der Waals surface area contributed by atoms with Crippen LogP contribution in [-0.2, 0) is 17.7 Å². The highest BCUT2D eigenvalue weighted by Crippen LogP contribution is 2.62. The predicted octanol–water partition coefficient (Wildman–Crippen LogP) is 1.35. The minimum atomic E-state index is 0.376. The Labute approximate surface area is 149 Å². The summed E-state index contributed by atoms with van der Waals surface area (Å²) in [5, 5.41) is 15.3. The minimum Gasteiger partial charge on any atom is -0.377 e. The van der Waals surface area contributed by atoms with Crippen molar-refractivity contribution < 1.29 is 4.74 Å². The fourth-order valence-electron chi connectivity index (χ4n) is 4.93. The highest BCUT2D eigenvalue weighted by molar-refractivity contribution is 5.80. The number of hydrogen-bond donors (Lipinski definition) is 2. The van der Waals surface area contributed by atoms with Crippen molar-refractivity contribution in [3.05, 3.63) is 12.2 Å². The van der Waals surface area contributed by atoms with Crippen LogP contribution in [0.1, 0.15) is 45.4 Å². The molecule has 1 aliphatic heterocycles. The molecule has 0 amide bonds. The van der Waals surface area contributed by atoms with E-state index in [2.05, 4.69) is 39.2 Å². The minimum absolute atomic E-state index is 0.376. The van der Waals surface area contributed by atoms with E-state index in [0.717, 1.165) is 44.4 Å². The molecule has 4 rings (SSSR count). The fraction of sp³-hybridized carbons (Fsp3) is 0.833. The third-order valence-corrected chi connectivity index (χ3v) is 6.30. The molecule has 3 fully saturated rings. The normalized spacial score (nSPS) is 29.8. The van der Waals surface area contributed by atoms with Crippen molar-refractivity contribution in [3.63, 3.8) is 0 Å². The zero-order valence-electron chi connectivity index (χ0n) is 15.4. The van der Waals surface area contributed by atoms with Crippen LogP contribution < -0.4 is 10.6 Å². The van der Waals surface area contributed by atoms with Crippen LogP contribution >= 0.6 is 0 Å². The molecule has 7 nitrogen and oxygen atoms in total. The predicted molar refractivity (Wildman–Crippen MR) is 96.4 cm³/mol. The number of ether oxygens (including phenoxy) is 1. The molecular weight excluding hydrogens is 316 g/mol. The number of aliphatic imine (C=N–C) groups is 1. The first-order chi connectivity index (χ1) is 12.3. The zero-order valence-corrected chi connectivity index (χ0v) is 15.4. The van der Waals surface area contributed by atoms with Gasteiger partial charge in [-0.25, -0.2) is 0 Å². The van der Waals surface area contributed by atoms with Gasteiger partial charge in [-0.2, -0.15) is 0 Å². The Hall–Kier alpha value is -1.63. The summed E-state index contributed by atoms with van der Waals surface area (Å²) >= 11 is 0. The van der Waals surface area contributed by atoms with E-state index in [9.17, 15) is 0 Å². The van der Waals surface area contributed by atoms with Gasteiger partial charge in [0.2, 0.25) is 0 Å². The van der Waals surface area contributed by atoms with E-state index in [1.165, 1.54) is 25.7 Å². The highest BCUT2D eigenvalue weighted by Gasteiger charge is 2.66. The number of aromatic nitrogens is 3. The molecule has 2 aliphatic carbocycles. The molecule has 1 saturated heterocycles. The average molecular weight is 346 g/mol. The van der Waals surface area contributed by atoms with Gasteiger partial charge in [-0.3, -0.25) is 4.99 Å². The van der Waals surface area contributed by atoms with E-state index in [4.69, 9.17) is 9.73 Å². The van der Waals surface area contributed by atoms with Crippen LogP contribution in [0, 0.1) is 11.3 Å². The maximum Gasteiger partial charge on any atom is 0.191 e. The maximum absolute atomic E-state index is 6.02. The molecule has 1 aromatic heterocycles. The molecule has 2 heterocycles. The molecule has 1 spiro atoms. The molecule has 3 unspecified atom stereocenters. The maximum atomic E-state index is 6.02. The summed E-state index contributed by atoms with van der Waals surface area (Å²) in [6, 6.07) is 0.521. The topological polar surface area (TPSA) is 76.4 Å². The second-order valence-corrected chi connectivity index (χ2v) is 7.51. The van der Waals surface area contributed by atoms with E-state index in [0.29, 0.717) is 23.5 Å². The van der Waals surface area contributed by atoms with Gasteiger partial charge < -0.3 is 19.9 Å². The van der Waals surface area contributed by atoms with Crippen LogP contribution in [0.2, 0.25) is 0 Å². The van der Waals surface area contributed by atoms with Gasteiger partial charge in [0.05, 0.1) is 12.6 Å². The third-order valence-electron chi connectivity index (χ3n) is 6.30. The van der Waals surface area contributed by atoms with Crippen LogP contribution in [0.25, 0.3) is 0 Å². The Morgan fingerprint density at radius 3 is 3.04 bits per heavy atom. The summed E-state index contributed by atoms with van der Waals surface area (Å²) in [4.78, 5) is 4.80. The van der Waals surface area contributed by atoms with Crippen LogP contribution in [0.4, 0.5) is 0 Å². The van der Waals surface area contributed by atoms with Crippen molar-refractivity contribution in [1.29, 1.82) is 0 Å². The van der Waals surface area contributed by atoms with E-state index >= 15 is 0 Å². The van der Waals surface area contributed by atoms with E-state index in [1.54, 1.807) is 6.33 Å². The van der Waals surface area contributed by atoms with Gasteiger partial charge in [0.1, 0.15) is 12.2 Å². The van der Waals surface area contributed by atoms with E-state index in [1.807, 2.05) is 0 Å². The average Bonchev–Trinajstić information content (AvgIpc) is 3.18. The summed E-state index contributed by atoms with van der Waals surface area (Å²) in [7, 11) is 0. The first-order valence-corrected chi connectivity index (χ1v) is 9.81. The summed E-state index contributed by atoms with van der Waals surface area (Å²) in [6.07, 6.45) is 8.30. The van der Waals surface area contributed by atoms with Gasteiger partial charge in [-0.15, -0.1) is 10.2 Å². The van der Waals surface area contributed by atoms with Crippen LogP contribution in [0.3, 0.4) is 0 Å². The third kappa shape index (κ3) is 2.82. The molecule has 138 valence electrons. The van der Waals surface area contributed by atoms with Gasteiger partial charge in [0.15, 0.2) is 5.96 Å². The lowest BCUT2D eigenvalue weighted by Gasteiger charge is -2.63. The Bertz CT molecular complexity index is 623. The number of rotatable bonds is 6. The lowest BCUT2D eigenvalue weighted by molar-refractivity contribution is -0.171. The molecule has 25 heavy (non-hydrogen) atoms. The van der Waals surface area contributed by atoms with Gasteiger partial charge in [0, 0.05) is 43.5 Å². The molecule has 0 bridgehead atoms. The van der Waals surface area contributed by atoms with Crippen LogP contribution in [0.5, 0.6) is 0 Å². The second kappa shape index (κ2) is 6.94.